The zero-order valence-corrected chi connectivity index (χ0v) is 31.1. The molecule has 1 fully saturated rings. The van der Waals surface area contributed by atoms with Gasteiger partial charge in [0.05, 0.1) is 31.3 Å². The fraction of sp³-hybridized carbons (Fsp3) is 0.410. The number of hydrogen-bond donors (Lipinski definition) is 3. The van der Waals surface area contributed by atoms with Crippen LogP contribution in [0.1, 0.15) is 65.2 Å². The van der Waals surface area contributed by atoms with Crippen molar-refractivity contribution in [2.45, 2.75) is 57.6 Å². The molecule has 2 heterocycles. The predicted octanol–water partition coefficient (Wildman–Crippen LogP) is 5.68. The summed E-state index contributed by atoms with van der Waals surface area (Å²) in [6.07, 6.45) is 2.87. The summed E-state index contributed by atoms with van der Waals surface area (Å²) < 4.78 is 29.5. The number of benzene rings is 3. The third-order valence-corrected chi connectivity index (χ3v) is 10.6. The van der Waals surface area contributed by atoms with E-state index in [0.29, 0.717) is 47.0 Å². The zero-order valence-electron chi connectivity index (χ0n) is 29.5. The van der Waals surface area contributed by atoms with Crippen LogP contribution in [-0.4, -0.2) is 88.3 Å². The normalized spacial score (nSPS) is 15.1. The number of carbonyl (C=O) groups excluding carboxylic acids is 3. The number of aliphatic hydroxyl groups excluding tert-OH is 1. The predicted molar refractivity (Wildman–Crippen MR) is 201 cm³/mol. The number of esters is 2. The molecule has 1 saturated heterocycles. The molecule has 3 atom stereocenters. The lowest BCUT2D eigenvalue weighted by atomic mass is 9.91. The maximum absolute atomic E-state index is 13.6. The van der Waals surface area contributed by atoms with E-state index in [0.717, 1.165) is 30.9 Å². The van der Waals surface area contributed by atoms with Gasteiger partial charge >= 0.3 is 11.9 Å². The molecule has 1 aliphatic heterocycles. The Morgan fingerprint density at radius 1 is 1.04 bits per heavy atom. The largest absolute Gasteiger partial charge is 0.616 e. The summed E-state index contributed by atoms with van der Waals surface area (Å²) in [6, 6.07) is 19.3. The number of aryl methyl sites for hydroxylation is 1. The van der Waals surface area contributed by atoms with Crippen LogP contribution in [-0.2, 0) is 32.0 Å². The van der Waals surface area contributed by atoms with E-state index in [9.17, 15) is 24.0 Å². The Kier molecular flexibility index (Phi) is 14.4. The van der Waals surface area contributed by atoms with Gasteiger partial charge in [-0.1, -0.05) is 30.2 Å². The third-order valence-electron chi connectivity index (χ3n) is 8.99. The fourth-order valence-corrected chi connectivity index (χ4v) is 7.66. The highest BCUT2D eigenvalue weighted by atomic mass is 35.5. The van der Waals surface area contributed by atoms with Crippen LogP contribution in [0, 0.1) is 6.92 Å². The van der Waals surface area contributed by atoms with Gasteiger partial charge in [-0.2, -0.15) is 0 Å². The molecule has 0 saturated carbocycles. The number of piperidine rings is 1. The monoisotopic (exact) mass is 751 g/mol. The van der Waals surface area contributed by atoms with E-state index in [1.165, 1.54) is 56.2 Å². The molecule has 0 radical (unpaired) electrons. The molecule has 13 heteroatoms. The number of hydrogen-bond acceptors (Lipinski definition) is 9. The molecule has 52 heavy (non-hydrogen) atoms. The molecule has 0 spiro atoms. The number of amides is 1. The highest BCUT2D eigenvalue weighted by Crippen LogP contribution is 2.35. The van der Waals surface area contributed by atoms with Crippen molar-refractivity contribution in [3.8, 4) is 11.5 Å². The van der Waals surface area contributed by atoms with Crippen LogP contribution in [0.4, 0.5) is 0 Å². The smallest absolute Gasteiger partial charge is 0.345 e. The summed E-state index contributed by atoms with van der Waals surface area (Å²) in [7, 11) is 1.52. The Hall–Kier alpha value is -4.07. The first-order valence-electron chi connectivity index (χ1n) is 17.5. The van der Waals surface area contributed by atoms with Crippen LogP contribution in [0.15, 0.2) is 66.7 Å². The molecular weight excluding hydrogens is 706 g/mol. The van der Waals surface area contributed by atoms with E-state index in [2.05, 4.69) is 27.3 Å². The Balaban J connectivity index is 1.12. The first-order valence-corrected chi connectivity index (χ1v) is 19.4. The first kappa shape index (κ1) is 39.1. The molecule has 4 aromatic rings. The second-order valence-electron chi connectivity index (χ2n) is 13.0. The number of aromatic amines is 1. The second-order valence-corrected chi connectivity index (χ2v) is 15.0. The number of halogens is 1. The van der Waals surface area contributed by atoms with Crippen LogP contribution in [0.5, 0.6) is 11.5 Å². The fourth-order valence-electron chi connectivity index (χ4n) is 6.45. The van der Waals surface area contributed by atoms with Crippen LogP contribution in [0.25, 0.3) is 10.9 Å². The Bertz CT molecular complexity index is 1810. The minimum atomic E-state index is -1.74. The molecule has 3 aromatic carbocycles. The number of nitrogens with zero attached hydrogens (tertiary/aromatic N) is 1. The highest BCUT2D eigenvalue weighted by Gasteiger charge is 2.33. The molecular formula is C39H46ClN3O8S. The maximum atomic E-state index is 13.6. The molecule has 3 unspecified atom stereocenters. The molecule has 5 rings (SSSR count). The molecule has 0 aliphatic carbocycles. The molecule has 278 valence electrons. The number of carbonyl (C=O) groups is 3. The second kappa shape index (κ2) is 19.1. The summed E-state index contributed by atoms with van der Waals surface area (Å²) in [5.74, 6) is -2.52. The average Bonchev–Trinajstić information content (AvgIpc) is 3.45. The van der Waals surface area contributed by atoms with Gasteiger partial charge < -0.3 is 34.2 Å². The summed E-state index contributed by atoms with van der Waals surface area (Å²) in [4.78, 5) is 44.8. The molecule has 1 aliphatic rings. The van der Waals surface area contributed by atoms with Gasteiger partial charge in [0.25, 0.3) is 5.91 Å². The number of ether oxygens (including phenoxy) is 3. The van der Waals surface area contributed by atoms with Crippen LogP contribution >= 0.6 is 11.6 Å². The van der Waals surface area contributed by atoms with Crippen molar-refractivity contribution in [3.05, 3.63) is 94.1 Å². The lowest BCUT2D eigenvalue weighted by Gasteiger charge is -2.26. The van der Waals surface area contributed by atoms with Gasteiger partial charge in [0.15, 0.2) is 5.75 Å². The number of H-pyrrole nitrogens is 1. The number of likely N-dealkylation sites (tertiary alicyclic amines) is 1. The molecule has 0 bridgehead atoms. The van der Waals surface area contributed by atoms with Crippen molar-refractivity contribution in [3.63, 3.8) is 0 Å². The SMILES string of the molecule is COc1ccc2[nH]c(C)c(C(CC(O)C[S+]([O-])CC(=O)NCCCOc3cccc(CN4CCCCC4)c3)C(=O)OC(=O)c3ccc(Cl)cc3)c2c1. The number of aliphatic hydroxyl groups is 1. The summed E-state index contributed by atoms with van der Waals surface area (Å²) >= 11 is 4.20. The standard InChI is InChI=1S/C39H46ClN3O8S/c1-26-37(33-22-31(49-2)14-15-35(33)42-26)34(39(47)51-38(46)28-10-12-29(40)13-11-28)21-30(44)24-52(48)25-36(45)41-16-7-19-50-32-9-6-8-27(20-32)23-43-17-4-3-5-18-43/h6,8-15,20,22,30,34,42,44H,3-5,7,16-19,21,23-25H2,1-2H3,(H,41,45). The van der Waals surface area contributed by atoms with E-state index in [4.69, 9.17) is 25.8 Å². The maximum Gasteiger partial charge on any atom is 0.345 e. The van der Waals surface area contributed by atoms with Gasteiger partial charge in [-0.3, -0.25) is 14.5 Å². The zero-order chi connectivity index (χ0) is 37.0. The number of nitrogens with one attached hydrogen (secondary N) is 2. The van der Waals surface area contributed by atoms with Gasteiger partial charge in [-0.15, -0.1) is 0 Å². The van der Waals surface area contributed by atoms with Gasteiger partial charge in [0.2, 0.25) is 0 Å². The lowest BCUT2D eigenvalue weighted by molar-refractivity contribution is -0.140. The van der Waals surface area contributed by atoms with Gasteiger partial charge in [-0.25, -0.2) is 4.79 Å². The topological polar surface area (TPSA) is 153 Å². The van der Waals surface area contributed by atoms with E-state index in [1.54, 1.807) is 25.1 Å². The number of rotatable bonds is 17. The van der Waals surface area contributed by atoms with Crippen molar-refractivity contribution in [1.82, 2.24) is 15.2 Å². The minimum absolute atomic E-state index is 0.130. The lowest BCUT2D eigenvalue weighted by Crippen LogP contribution is -2.35. The van der Waals surface area contributed by atoms with Gasteiger partial charge in [0, 0.05) is 34.7 Å². The van der Waals surface area contributed by atoms with E-state index in [1.807, 2.05) is 12.1 Å². The Morgan fingerprint density at radius 3 is 2.56 bits per heavy atom. The Morgan fingerprint density at radius 2 is 1.81 bits per heavy atom. The minimum Gasteiger partial charge on any atom is -0.616 e. The summed E-state index contributed by atoms with van der Waals surface area (Å²) in [6.45, 7) is 5.68. The van der Waals surface area contributed by atoms with Crippen LogP contribution in [0.3, 0.4) is 0 Å². The number of methoxy groups -OCH3 is 1. The van der Waals surface area contributed by atoms with Crippen molar-refractivity contribution in [2.24, 2.45) is 0 Å². The van der Waals surface area contributed by atoms with Crippen molar-refractivity contribution in [2.75, 3.05) is 44.9 Å². The van der Waals surface area contributed by atoms with Crippen molar-refractivity contribution >= 4 is 51.5 Å². The third kappa shape index (κ3) is 11.2. The highest BCUT2D eigenvalue weighted by molar-refractivity contribution is 7.92. The van der Waals surface area contributed by atoms with E-state index < -0.39 is 41.0 Å². The van der Waals surface area contributed by atoms with Gasteiger partial charge in [-0.05, 0) is 123 Å². The quantitative estimate of drug-likeness (QED) is 0.0536. The number of aromatic nitrogens is 1. The van der Waals surface area contributed by atoms with Crippen LogP contribution in [0.2, 0.25) is 5.02 Å². The van der Waals surface area contributed by atoms with Crippen LogP contribution < -0.4 is 14.8 Å². The average molecular weight is 752 g/mol. The summed E-state index contributed by atoms with van der Waals surface area (Å²) in [5, 5.41) is 14.9. The number of fused-ring (bicyclic) bond motifs is 1. The Labute approximate surface area is 312 Å². The summed E-state index contributed by atoms with van der Waals surface area (Å²) in [5.41, 5.74) is 3.21. The van der Waals surface area contributed by atoms with Crippen molar-refractivity contribution < 1.29 is 38.3 Å². The van der Waals surface area contributed by atoms with E-state index in [-0.39, 0.29) is 23.5 Å². The van der Waals surface area contributed by atoms with E-state index >= 15 is 0 Å². The van der Waals surface area contributed by atoms with Gasteiger partial charge in [0.1, 0.15) is 17.3 Å². The molecule has 1 aromatic heterocycles. The van der Waals surface area contributed by atoms with Crippen molar-refractivity contribution in [1.29, 1.82) is 0 Å². The first-order chi connectivity index (χ1) is 25.1. The molecule has 11 nitrogen and oxygen atoms in total. The molecule has 3 N–H and O–H groups in total. The molecule has 1 amide bonds.